The number of likely N-dealkylation sites (N-methyl/N-ethyl adjacent to an activating group) is 1. The van der Waals surface area contributed by atoms with Gasteiger partial charge in [0.15, 0.2) is 0 Å². The fraction of sp³-hybridized carbons (Fsp3) is 0.350. The maximum atomic E-state index is 12.0. The zero-order chi connectivity index (χ0) is 17.4. The van der Waals surface area contributed by atoms with E-state index in [0.717, 1.165) is 26.3 Å². The maximum absolute atomic E-state index is 12.0. The quantitative estimate of drug-likeness (QED) is 0.587. The summed E-state index contributed by atoms with van der Waals surface area (Å²) in [5, 5.41) is 1.27. The summed E-state index contributed by atoms with van der Waals surface area (Å²) in [7, 11) is 2.11. The van der Waals surface area contributed by atoms with Crippen molar-refractivity contribution in [3.8, 4) is 0 Å². The van der Waals surface area contributed by atoms with Crippen molar-refractivity contribution >= 4 is 21.9 Å². The summed E-state index contributed by atoms with van der Waals surface area (Å²) >= 11 is 0. The van der Waals surface area contributed by atoms with Crippen LogP contribution >= 0.6 is 0 Å². The lowest BCUT2D eigenvalue weighted by Crippen LogP contribution is -2.32. The molecule has 0 spiro atoms. The number of fused-ring (bicyclic) bond motifs is 2. The van der Waals surface area contributed by atoms with Gasteiger partial charge in [-0.2, -0.15) is 0 Å². The van der Waals surface area contributed by atoms with E-state index in [2.05, 4.69) is 11.9 Å². The van der Waals surface area contributed by atoms with Crippen molar-refractivity contribution in [2.75, 3.05) is 33.4 Å². The fourth-order valence-corrected chi connectivity index (χ4v) is 2.40. The second kappa shape index (κ2) is 9.21. The van der Waals surface area contributed by atoms with Crippen LogP contribution < -0.4 is 5.43 Å². The highest BCUT2D eigenvalue weighted by atomic mass is 16.5. The molecule has 1 aliphatic heterocycles. The molecule has 1 fully saturated rings. The maximum Gasteiger partial charge on any atom is 0.200 e. The summed E-state index contributed by atoms with van der Waals surface area (Å²) in [6.45, 7) is 8.02. The fourth-order valence-electron chi connectivity index (χ4n) is 2.40. The summed E-state index contributed by atoms with van der Waals surface area (Å²) in [6.07, 6.45) is 0. The molecule has 0 bridgehead atoms. The Bertz CT molecular complexity index is 763. The zero-order valence-corrected chi connectivity index (χ0v) is 14.6. The lowest BCUT2D eigenvalue weighted by Gasteiger charge is -2.21. The van der Waals surface area contributed by atoms with Gasteiger partial charge in [-0.15, -0.1) is 0 Å². The molecule has 4 nitrogen and oxygen atoms in total. The van der Waals surface area contributed by atoms with Crippen molar-refractivity contribution < 1.29 is 9.15 Å². The van der Waals surface area contributed by atoms with E-state index in [1.54, 1.807) is 12.1 Å². The van der Waals surface area contributed by atoms with Gasteiger partial charge >= 0.3 is 0 Å². The SMILES string of the molecule is CC.CN1CCOCC1.O=c1c2ccccc2oc2ccccc12. The van der Waals surface area contributed by atoms with E-state index in [9.17, 15) is 4.79 Å². The Labute approximate surface area is 142 Å². The Hall–Kier alpha value is -2.17. The van der Waals surface area contributed by atoms with E-state index in [0.29, 0.717) is 21.9 Å². The van der Waals surface area contributed by atoms with E-state index in [4.69, 9.17) is 9.15 Å². The van der Waals surface area contributed by atoms with E-state index < -0.39 is 0 Å². The third kappa shape index (κ3) is 4.43. The first-order valence-corrected chi connectivity index (χ1v) is 8.42. The van der Waals surface area contributed by atoms with Gasteiger partial charge in [0, 0.05) is 13.1 Å². The number of para-hydroxylation sites is 2. The third-order valence-corrected chi connectivity index (χ3v) is 3.72. The molecule has 24 heavy (non-hydrogen) atoms. The van der Waals surface area contributed by atoms with Gasteiger partial charge in [-0.3, -0.25) is 4.79 Å². The molecule has 1 aliphatic rings. The molecule has 0 aliphatic carbocycles. The molecule has 0 amide bonds. The zero-order valence-electron chi connectivity index (χ0n) is 14.6. The Balaban J connectivity index is 0.000000196. The molecule has 4 heteroatoms. The van der Waals surface area contributed by atoms with Crippen LogP contribution in [0.5, 0.6) is 0 Å². The number of ether oxygens (including phenoxy) is 1. The van der Waals surface area contributed by atoms with Gasteiger partial charge < -0.3 is 14.1 Å². The number of benzene rings is 2. The van der Waals surface area contributed by atoms with Crippen LogP contribution in [0.1, 0.15) is 13.8 Å². The first-order chi connectivity index (χ1) is 11.8. The first-order valence-electron chi connectivity index (χ1n) is 8.42. The summed E-state index contributed by atoms with van der Waals surface area (Å²) in [5.74, 6) is 0. The second-order valence-corrected chi connectivity index (χ2v) is 5.34. The Morgan fingerprint density at radius 1 is 0.833 bits per heavy atom. The van der Waals surface area contributed by atoms with E-state index >= 15 is 0 Å². The van der Waals surface area contributed by atoms with E-state index in [1.165, 1.54) is 0 Å². The summed E-state index contributed by atoms with van der Waals surface area (Å²) in [4.78, 5) is 14.3. The van der Waals surface area contributed by atoms with Crippen LogP contribution in [0.15, 0.2) is 57.7 Å². The normalized spacial score (nSPS) is 14.5. The Morgan fingerprint density at radius 3 is 1.71 bits per heavy atom. The van der Waals surface area contributed by atoms with Gasteiger partial charge in [0.1, 0.15) is 11.2 Å². The highest BCUT2D eigenvalue weighted by Crippen LogP contribution is 2.17. The highest BCUT2D eigenvalue weighted by Gasteiger charge is 2.05. The number of hydrogen-bond acceptors (Lipinski definition) is 4. The topological polar surface area (TPSA) is 42.7 Å². The Kier molecular flexibility index (Phi) is 6.97. The Morgan fingerprint density at radius 2 is 1.29 bits per heavy atom. The molecular weight excluding hydrogens is 302 g/mol. The average molecular weight is 327 g/mol. The van der Waals surface area contributed by atoms with Gasteiger partial charge in [-0.1, -0.05) is 38.1 Å². The standard InChI is InChI=1S/C13H8O2.C5H11NO.C2H6/c14-13-9-5-1-3-7-11(9)15-12-8-4-2-6-10(12)13;1-6-2-4-7-5-3-6;1-2/h1-8H;2-5H2,1H3;1-2H3. The van der Waals surface area contributed by atoms with E-state index in [-0.39, 0.29) is 5.43 Å². The molecule has 128 valence electrons. The second-order valence-electron chi connectivity index (χ2n) is 5.34. The van der Waals surface area contributed by atoms with E-state index in [1.807, 2.05) is 50.2 Å². The largest absolute Gasteiger partial charge is 0.456 e. The third-order valence-electron chi connectivity index (χ3n) is 3.72. The molecule has 3 aromatic rings. The summed E-state index contributed by atoms with van der Waals surface area (Å²) in [6, 6.07) is 14.6. The first kappa shape index (κ1) is 18.2. The van der Waals surface area contributed by atoms with Crippen LogP contribution in [-0.2, 0) is 4.74 Å². The van der Waals surface area contributed by atoms with Crippen molar-refractivity contribution in [2.45, 2.75) is 13.8 Å². The van der Waals surface area contributed by atoms with Gasteiger partial charge in [0.25, 0.3) is 0 Å². The monoisotopic (exact) mass is 327 g/mol. The molecule has 4 rings (SSSR count). The van der Waals surface area contributed by atoms with Crippen LogP contribution in [0.3, 0.4) is 0 Å². The minimum atomic E-state index is 0.0347. The molecular formula is C20H25NO3. The van der Waals surface area contributed by atoms with Gasteiger partial charge in [0.05, 0.1) is 24.0 Å². The molecule has 0 saturated carbocycles. The predicted molar refractivity (Wildman–Crippen MR) is 99.7 cm³/mol. The van der Waals surface area contributed by atoms with Crippen molar-refractivity contribution in [1.82, 2.24) is 4.90 Å². The van der Waals surface area contributed by atoms with Crippen molar-refractivity contribution in [3.63, 3.8) is 0 Å². The van der Waals surface area contributed by atoms with Crippen LogP contribution in [0, 0.1) is 0 Å². The molecule has 0 atom stereocenters. The van der Waals surface area contributed by atoms with Crippen molar-refractivity contribution in [3.05, 3.63) is 58.8 Å². The molecule has 0 radical (unpaired) electrons. The number of morpholine rings is 1. The molecule has 1 aromatic heterocycles. The predicted octanol–water partition coefficient (Wildman–Crippen LogP) is 3.92. The van der Waals surface area contributed by atoms with Crippen LogP contribution in [0.4, 0.5) is 0 Å². The lowest BCUT2D eigenvalue weighted by molar-refractivity contribution is 0.0503. The summed E-state index contributed by atoms with van der Waals surface area (Å²) in [5.41, 5.74) is 1.31. The van der Waals surface area contributed by atoms with Gasteiger partial charge in [-0.05, 0) is 31.3 Å². The molecule has 0 N–H and O–H groups in total. The number of nitrogens with zero attached hydrogens (tertiary/aromatic N) is 1. The number of hydrogen-bond donors (Lipinski definition) is 0. The minimum absolute atomic E-state index is 0.0347. The van der Waals surface area contributed by atoms with Crippen molar-refractivity contribution in [1.29, 1.82) is 0 Å². The molecule has 1 saturated heterocycles. The molecule has 2 aromatic carbocycles. The highest BCUT2D eigenvalue weighted by molar-refractivity contribution is 5.89. The smallest absolute Gasteiger partial charge is 0.200 e. The summed E-state index contributed by atoms with van der Waals surface area (Å²) < 4.78 is 10.7. The van der Waals surface area contributed by atoms with Crippen LogP contribution in [0.25, 0.3) is 21.9 Å². The number of rotatable bonds is 0. The molecule has 2 heterocycles. The van der Waals surface area contributed by atoms with Gasteiger partial charge in [0.2, 0.25) is 5.43 Å². The van der Waals surface area contributed by atoms with Crippen molar-refractivity contribution in [2.24, 2.45) is 0 Å². The lowest BCUT2D eigenvalue weighted by atomic mass is 10.1. The van der Waals surface area contributed by atoms with Crippen LogP contribution in [0.2, 0.25) is 0 Å². The minimum Gasteiger partial charge on any atom is -0.456 e. The molecule has 0 unspecified atom stereocenters. The average Bonchev–Trinajstić information content (AvgIpc) is 2.65. The van der Waals surface area contributed by atoms with Gasteiger partial charge in [-0.25, -0.2) is 0 Å². The van der Waals surface area contributed by atoms with Crippen LogP contribution in [-0.4, -0.2) is 38.3 Å².